The van der Waals surface area contributed by atoms with Crippen LogP contribution in [0.3, 0.4) is 0 Å². The summed E-state index contributed by atoms with van der Waals surface area (Å²) >= 11 is 1.94. The lowest BCUT2D eigenvalue weighted by molar-refractivity contribution is 0.590. The summed E-state index contributed by atoms with van der Waals surface area (Å²) in [5.74, 6) is 0. The Labute approximate surface area is 279 Å². The van der Waals surface area contributed by atoms with Gasteiger partial charge in [0.15, 0.2) is 0 Å². The Morgan fingerprint density at radius 2 is 1.30 bits per heavy atom. The predicted octanol–water partition coefficient (Wildman–Crippen LogP) is 10.2. The highest BCUT2D eigenvalue weighted by Gasteiger charge is 2.45. The molecule has 0 aliphatic carbocycles. The van der Waals surface area contributed by atoms with E-state index >= 15 is 0 Å². The smallest absolute Gasteiger partial charge is 0.264 e. The Morgan fingerprint density at radius 1 is 0.696 bits per heavy atom. The van der Waals surface area contributed by atoms with E-state index in [4.69, 9.17) is 0 Å². The second-order valence-corrected chi connectivity index (χ2v) is 16.1. The number of hydrogen-bond donors (Lipinski definition) is 0. The zero-order valence-electron chi connectivity index (χ0n) is 28.4. The van der Waals surface area contributed by atoms with Crippen molar-refractivity contribution in [2.45, 2.75) is 66.2 Å². The van der Waals surface area contributed by atoms with Gasteiger partial charge >= 0.3 is 0 Å². The molecule has 2 aliphatic rings. The van der Waals surface area contributed by atoms with Gasteiger partial charge in [0.2, 0.25) is 0 Å². The molecule has 0 atom stereocenters. The largest absolute Gasteiger partial charge is 0.311 e. The number of fused-ring (bicyclic) bond motifs is 4. The summed E-state index contributed by atoms with van der Waals surface area (Å²) in [5.41, 5.74) is 15.5. The van der Waals surface area contributed by atoms with E-state index in [1.165, 1.54) is 77.0 Å². The maximum absolute atomic E-state index is 3.99. The van der Waals surface area contributed by atoms with Crippen molar-refractivity contribution >= 4 is 74.0 Å². The number of hydrogen-bond acceptors (Lipinski definition) is 3. The second kappa shape index (κ2) is 10.9. The summed E-state index contributed by atoms with van der Waals surface area (Å²) in [7, 11) is 0. The zero-order valence-corrected chi connectivity index (χ0v) is 29.2. The molecular weight excluding hydrogens is 575 g/mol. The molecule has 5 aromatic rings. The molecule has 0 N–H and O–H groups in total. The van der Waals surface area contributed by atoms with Crippen LogP contribution in [0.2, 0.25) is 0 Å². The quantitative estimate of drug-likeness (QED) is 0.143. The zero-order chi connectivity index (χ0) is 32.5. The summed E-state index contributed by atoms with van der Waals surface area (Å²) in [6.45, 7) is 22.4. The molecule has 4 aromatic carbocycles. The molecule has 46 heavy (non-hydrogen) atoms. The summed E-state index contributed by atoms with van der Waals surface area (Å²) in [4.78, 5) is 6.37. The van der Waals surface area contributed by atoms with Crippen LogP contribution in [-0.2, 0) is 10.8 Å². The van der Waals surface area contributed by atoms with Gasteiger partial charge in [-0.25, -0.2) is 0 Å². The SMILES string of the molecule is C=C/C=C\c1c(C)sc2c1N(c1ccccc1)c1cc(C)cc3c1B2c1ccc(C(C)(C)C)cc1N3c1ccc(C(C)(C)C)cc1. The molecule has 2 aliphatic heterocycles. The van der Waals surface area contributed by atoms with Gasteiger partial charge in [0, 0.05) is 43.7 Å². The highest BCUT2D eigenvalue weighted by Crippen LogP contribution is 2.48. The van der Waals surface area contributed by atoms with Crippen LogP contribution in [0.25, 0.3) is 6.08 Å². The number of anilines is 6. The monoisotopic (exact) mass is 618 g/mol. The second-order valence-electron chi connectivity index (χ2n) is 14.9. The maximum Gasteiger partial charge on any atom is 0.264 e. The Kier molecular flexibility index (Phi) is 7.21. The minimum absolute atomic E-state index is 0.0266. The highest BCUT2D eigenvalue weighted by atomic mass is 32.1. The van der Waals surface area contributed by atoms with Crippen LogP contribution in [-0.4, -0.2) is 6.71 Å². The lowest BCUT2D eigenvalue weighted by Crippen LogP contribution is -2.60. The van der Waals surface area contributed by atoms with Crippen LogP contribution in [0.4, 0.5) is 34.1 Å². The van der Waals surface area contributed by atoms with Gasteiger partial charge in [-0.2, -0.15) is 11.3 Å². The number of aryl methyl sites for hydroxylation is 2. The summed E-state index contributed by atoms with van der Waals surface area (Å²) in [5, 5.41) is 0. The number of thiophene rings is 1. The van der Waals surface area contributed by atoms with Gasteiger partial charge < -0.3 is 9.80 Å². The highest BCUT2D eigenvalue weighted by molar-refractivity contribution is 7.29. The van der Waals surface area contributed by atoms with E-state index in [0.29, 0.717) is 0 Å². The van der Waals surface area contributed by atoms with E-state index in [9.17, 15) is 0 Å². The molecule has 0 spiro atoms. The molecular formula is C42H43BN2S. The summed E-state index contributed by atoms with van der Waals surface area (Å²) in [6.07, 6.45) is 6.19. The Balaban J connectivity index is 1.58. The summed E-state index contributed by atoms with van der Waals surface area (Å²) in [6, 6.07) is 32.2. The number of rotatable bonds is 4. The molecule has 3 heterocycles. The normalized spacial score (nSPS) is 14.0. The third kappa shape index (κ3) is 4.86. The lowest BCUT2D eigenvalue weighted by Gasteiger charge is -2.44. The van der Waals surface area contributed by atoms with E-state index in [0.717, 1.165) is 0 Å². The van der Waals surface area contributed by atoms with E-state index in [1.807, 2.05) is 17.4 Å². The van der Waals surface area contributed by atoms with Gasteiger partial charge in [0.25, 0.3) is 6.71 Å². The van der Waals surface area contributed by atoms with E-state index in [2.05, 4.69) is 169 Å². The number of benzene rings is 4. The molecule has 0 saturated carbocycles. The first kappa shape index (κ1) is 30.4. The van der Waals surface area contributed by atoms with Gasteiger partial charge in [0.1, 0.15) is 0 Å². The summed E-state index contributed by atoms with van der Waals surface area (Å²) < 4.78 is 1.40. The van der Waals surface area contributed by atoms with E-state index in [1.54, 1.807) is 0 Å². The van der Waals surface area contributed by atoms with Gasteiger partial charge in [-0.15, -0.1) is 0 Å². The lowest BCUT2D eigenvalue weighted by atomic mass is 9.36. The fourth-order valence-corrected chi connectivity index (χ4v) is 8.41. The molecule has 0 amide bonds. The first-order chi connectivity index (χ1) is 21.9. The van der Waals surface area contributed by atoms with Gasteiger partial charge in [-0.3, -0.25) is 0 Å². The molecule has 0 bridgehead atoms. The standard InChI is InChI=1S/C42H43BN2S/c1-10-11-17-33-28(3)46-40-39(33)45(31-15-13-12-14-16-31)37-25-27(2)24-36-38(37)43(40)34-23-20-30(42(7,8)9)26-35(34)44(36)32-21-18-29(19-22-32)41(4,5)6/h10-26H,1H2,2-9H3/b17-11-. The molecule has 0 unspecified atom stereocenters. The van der Waals surface area contributed by atoms with Crippen LogP contribution in [0.15, 0.2) is 104 Å². The average molecular weight is 619 g/mol. The predicted molar refractivity (Wildman–Crippen MR) is 204 cm³/mol. The molecule has 0 fully saturated rings. The van der Waals surface area contributed by atoms with E-state index < -0.39 is 0 Å². The van der Waals surface area contributed by atoms with Crippen LogP contribution < -0.4 is 25.5 Å². The van der Waals surface area contributed by atoms with Crippen molar-refractivity contribution in [2.24, 2.45) is 0 Å². The fourth-order valence-electron chi connectivity index (χ4n) is 7.14. The van der Waals surface area contributed by atoms with Crippen LogP contribution in [0, 0.1) is 13.8 Å². The van der Waals surface area contributed by atoms with Crippen molar-refractivity contribution in [1.82, 2.24) is 0 Å². The van der Waals surface area contributed by atoms with Crippen molar-refractivity contribution < 1.29 is 0 Å². The molecule has 2 nitrogen and oxygen atoms in total. The first-order valence-electron chi connectivity index (χ1n) is 16.4. The van der Waals surface area contributed by atoms with Crippen LogP contribution >= 0.6 is 11.3 Å². The minimum atomic E-state index is 0.0266. The van der Waals surface area contributed by atoms with Gasteiger partial charge in [-0.1, -0.05) is 109 Å². The number of allylic oxidation sites excluding steroid dienone is 2. The van der Waals surface area contributed by atoms with Crippen molar-refractivity contribution in [1.29, 1.82) is 0 Å². The number of para-hydroxylation sites is 1. The molecule has 7 rings (SSSR count). The fraction of sp³-hybridized carbons (Fsp3) is 0.238. The first-order valence-corrected chi connectivity index (χ1v) is 17.2. The molecule has 4 heteroatoms. The van der Waals surface area contributed by atoms with Crippen molar-refractivity contribution in [2.75, 3.05) is 9.80 Å². The van der Waals surface area contributed by atoms with Crippen LogP contribution in [0.1, 0.15) is 68.7 Å². The third-order valence-electron chi connectivity index (χ3n) is 9.52. The van der Waals surface area contributed by atoms with Crippen molar-refractivity contribution in [3.05, 3.63) is 131 Å². The molecule has 1 aromatic heterocycles. The van der Waals surface area contributed by atoms with Crippen molar-refractivity contribution in [3.63, 3.8) is 0 Å². The Morgan fingerprint density at radius 3 is 1.93 bits per heavy atom. The number of nitrogens with zero attached hydrogens (tertiary/aromatic N) is 2. The maximum atomic E-state index is 3.99. The molecule has 0 saturated heterocycles. The Hall–Kier alpha value is -4.28. The minimum Gasteiger partial charge on any atom is -0.311 e. The topological polar surface area (TPSA) is 6.48 Å². The van der Waals surface area contributed by atoms with Gasteiger partial charge in [0.05, 0.1) is 5.69 Å². The molecule has 230 valence electrons. The van der Waals surface area contributed by atoms with Crippen molar-refractivity contribution in [3.8, 4) is 0 Å². The Bertz CT molecular complexity index is 2000. The molecule has 0 radical (unpaired) electrons. The third-order valence-corrected chi connectivity index (χ3v) is 10.7. The van der Waals surface area contributed by atoms with Gasteiger partial charge in [-0.05, 0) is 94.8 Å². The average Bonchev–Trinajstić information content (AvgIpc) is 3.34. The van der Waals surface area contributed by atoms with E-state index in [-0.39, 0.29) is 17.5 Å². The van der Waals surface area contributed by atoms with Crippen LogP contribution in [0.5, 0.6) is 0 Å².